The van der Waals surface area contributed by atoms with Crippen molar-refractivity contribution >= 4 is 0 Å². The summed E-state index contributed by atoms with van der Waals surface area (Å²) in [5, 5.41) is 146. The molecule has 0 radical (unpaired) electrons. The van der Waals surface area contributed by atoms with Gasteiger partial charge < -0.3 is 120 Å². The molecule has 5 aliphatic rings. The van der Waals surface area contributed by atoms with E-state index < -0.39 is 173 Å². The number of rotatable bonds is 11. The lowest BCUT2D eigenvalue weighted by Crippen LogP contribution is -2.70. The van der Waals surface area contributed by atoms with Crippen LogP contribution >= 0.6 is 0 Å². The van der Waals surface area contributed by atoms with Gasteiger partial charge >= 0.3 is 0 Å². The second-order valence-corrected chi connectivity index (χ2v) is 14.0. The summed E-state index contributed by atoms with van der Waals surface area (Å²) in [5.41, 5.74) is 6.56. The Kier molecular flexibility index (Phi) is 15.0. The lowest BCUT2D eigenvalue weighted by atomic mass is 9.94. The van der Waals surface area contributed by atoms with Crippen molar-refractivity contribution in [2.24, 2.45) is 5.73 Å². The maximum absolute atomic E-state index is 11.1. The lowest BCUT2D eigenvalue weighted by Gasteiger charge is -2.51. The Hall–Kier alpha value is -0.960. The van der Waals surface area contributed by atoms with E-state index in [-0.39, 0.29) is 0 Å². The summed E-state index contributed by atoms with van der Waals surface area (Å²) in [6.45, 7) is 0.0525. The largest absolute Gasteiger partial charge is 0.394 e. The van der Waals surface area contributed by atoms with Crippen LogP contribution in [0.4, 0.5) is 0 Å². The zero-order valence-electron chi connectivity index (χ0n) is 29.1. The van der Waals surface area contributed by atoms with E-state index in [1.54, 1.807) is 0 Å². The van der Waals surface area contributed by atoms with Gasteiger partial charge in [-0.15, -0.1) is 0 Å². The first-order valence-electron chi connectivity index (χ1n) is 17.4. The summed E-state index contributed by atoms with van der Waals surface area (Å²) >= 11 is 0. The van der Waals surface area contributed by atoms with E-state index in [1.807, 2.05) is 0 Å². The van der Waals surface area contributed by atoms with Crippen molar-refractivity contribution in [3.05, 3.63) is 0 Å². The van der Waals surface area contributed by atoms with Crippen molar-refractivity contribution in [1.82, 2.24) is 0 Å². The molecule has 0 aromatic carbocycles. The molecule has 25 atom stereocenters. The van der Waals surface area contributed by atoms with Gasteiger partial charge in [-0.25, -0.2) is 0 Å². The quantitative estimate of drug-likeness (QED) is 0.0923. The molecule has 0 aliphatic carbocycles. The molecule has 0 amide bonds. The smallest absolute Gasteiger partial charge is 0.187 e. The van der Waals surface area contributed by atoms with Crippen LogP contribution < -0.4 is 5.73 Å². The first-order chi connectivity index (χ1) is 25.4. The average Bonchev–Trinajstić information content (AvgIpc) is 3.15. The third-order valence-electron chi connectivity index (χ3n) is 10.3. The second kappa shape index (κ2) is 18.3. The van der Waals surface area contributed by atoms with E-state index in [2.05, 4.69) is 0 Å². The maximum atomic E-state index is 11.1. The minimum absolute atomic E-state index is 0.812. The van der Waals surface area contributed by atoms with Crippen LogP contribution in [-0.2, 0) is 42.6 Å². The molecule has 5 heterocycles. The van der Waals surface area contributed by atoms with Crippen molar-refractivity contribution in [3.63, 3.8) is 0 Å². The number of ether oxygens (including phenoxy) is 9. The molecule has 0 spiro atoms. The van der Waals surface area contributed by atoms with Crippen molar-refractivity contribution in [2.75, 3.05) is 19.8 Å². The zero-order chi connectivity index (χ0) is 39.9. The number of aliphatic hydroxyl groups is 14. The molecule has 16 N–H and O–H groups in total. The van der Waals surface area contributed by atoms with Crippen LogP contribution in [0.2, 0.25) is 0 Å². The molecule has 5 rings (SSSR count). The summed E-state index contributed by atoms with van der Waals surface area (Å²) in [5.74, 6) is 0. The highest BCUT2D eigenvalue weighted by Crippen LogP contribution is 2.36. The van der Waals surface area contributed by atoms with Crippen LogP contribution in [0.1, 0.15) is 13.8 Å². The van der Waals surface area contributed by atoms with Gasteiger partial charge in [0.1, 0.15) is 104 Å². The maximum Gasteiger partial charge on any atom is 0.187 e. The van der Waals surface area contributed by atoms with Crippen LogP contribution in [0, 0.1) is 0 Å². The summed E-state index contributed by atoms with van der Waals surface area (Å²) in [4.78, 5) is 0. The second-order valence-electron chi connectivity index (χ2n) is 14.0. The molecule has 24 heteroatoms. The van der Waals surface area contributed by atoms with Crippen molar-refractivity contribution < 1.29 is 114 Å². The standard InChI is InChI=1S/C30H53NO23/c1-6-12(35)16(39)19(42)28(46-6)52-23-11(31)27(53-24-15(38)9(4-33)48-26(45)21(24)44)50-10(5-34)22(23)51-30-25(18(41)14(37)8(3-32)49-30)54-29-20(43)17(40)13(36)7(2)47-29/h6-30,32-45H,3-5,31H2,1-2H3/t6?,7?,8?,9?,10?,11?,12-,13+,14+,15+,16-,17?,18+,19?,20+,21?,22+,23-,24+,25?,26-,27+,28-,29+,30+/m1/s1. The summed E-state index contributed by atoms with van der Waals surface area (Å²) in [6, 6.07) is -1.65. The van der Waals surface area contributed by atoms with E-state index >= 15 is 0 Å². The molecule has 5 fully saturated rings. The van der Waals surface area contributed by atoms with Gasteiger partial charge in [-0.3, -0.25) is 0 Å². The van der Waals surface area contributed by atoms with E-state index in [0.29, 0.717) is 0 Å². The lowest BCUT2D eigenvalue weighted by molar-refractivity contribution is -0.397. The van der Waals surface area contributed by atoms with Gasteiger partial charge in [-0.2, -0.15) is 0 Å². The number of aliphatic hydroxyl groups excluding tert-OH is 14. The molecule has 24 nitrogen and oxygen atoms in total. The van der Waals surface area contributed by atoms with Crippen molar-refractivity contribution in [2.45, 2.75) is 167 Å². The fourth-order valence-electron chi connectivity index (χ4n) is 6.94. The molecule has 10 unspecified atom stereocenters. The SMILES string of the molecule is CC1O[C@@H](OC2[C@H](O[C@H]3C(CO)O[C@@H](O[C@@H]4C(O)[C@H](O)OC(CO)[C@@H]4O)C(N)[C@H]3O[C@H]3OC(C)[C@@H](O)[C@@H](O)C3O)OC(CO)[C@H](O)[C@@H]2O)[C@@H](O)C(O)[C@H]1O. The molecule has 0 saturated carbocycles. The Labute approximate surface area is 307 Å². The number of hydrogen-bond donors (Lipinski definition) is 15. The Bertz CT molecular complexity index is 1180. The minimum Gasteiger partial charge on any atom is -0.394 e. The number of hydrogen-bond acceptors (Lipinski definition) is 24. The number of nitrogens with two attached hydrogens (primary N) is 1. The monoisotopic (exact) mass is 795 g/mol. The molecular formula is C30H53NO23. The molecule has 5 aliphatic heterocycles. The van der Waals surface area contributed by atoms with E-state index in [4.69, 9.17) is 48.4 Å². The highest BCUT2D eigenvalue weighted by molar-refractivity contribution is 5.00. The van der Waals surface area contributed by atoms with Gasteiger partial charge in [-0.05, 0) is 13.8 Å². The average molecular weight is 796 g/mol. The van der Waals surface area contributed by atoms with Gasteiger partial charge in [0.25, 0.3) is 0 Å². The molecular weight excluding hydrogens is 742 g/mol. The van der Waals surface area contributed by atoms with E-state index in [0.717, 1.165) is 0 Å². The predicted octanol–water partition coefficient (Wildman–Crippen LogP) is -9.90. The van der Waals surface area contributed by atoms with Gasteiger partial charge in [0, 0.05) is 0 Å². The normalized spacial score (nSPS) is 54.7. The Morgan fingerprint density at radius 2 is 0.833 bits per heavy atom. The summed E-state index contributed by atoms with van der Waals surface area (Å²) in [6.07, 6.45) is -41.1. The van der Waals surface area contributed by atoms with Crippen molar-refractivity contribution in [1.29, 1.82) is 0 Å². The third kappa shape index (κ3) is 8.72. The molecule has 0 aromatic heterocycles. The van der Waals surface area contributed by atoms with Crippen LogP contribution in [0.15, 0.2) is 0 Å². The molecule has 54 heavy (non-hydrogen) atoms. The summed E-state index contributed by atoms with van der Waals surface area (Å²) < 4.78 is 51.4. The Morgan fingerprint density at radius 3 is 1.35 bits per heavy atom. The molecule has 0 bridgehead atoms. The highest BCUT2D eigenvalue weighted by Gasteiger charge is 2.57. The van der Waals surface area contributed by atoms with Crippen LogP contribution in [0.25, 0.3) is 0 Å². The fourth-order valence-corrected chi connectivity index (χ4v) is 6.94. The van der Waals surface area contributed by atoms with Gasteiger partial charge in [0.15, 0.2) is 31.5 Å². The fraction of sp³-hybridized carbons (Fsp3) is 1.00. The first kappa shape index (κ1) is 44.1. The van der Waals surface area contributed by atoms with Gasteiger partial charge in [-0.1, -0.05) is 0 Å². The zero-order valence-corrected chi connectivity index (χ0v) is 29.1. The van der Waals surface area contributed by atoms with E-state index in [1.165, 1.54) is 13.8 Å². The summed E-state index contributed by atoms with van der Waals surface area (Å²) in [7, 11) is 0. The van der Waals surface area contributed by atoms with Crippen molar-refractivity contribution in [3.8, 4) is 0 Å². The third-order valence-corrected chi connectivity index (χ3v) is 10.3. The van der Waals surface area contributed by atoms with Gasteiger partial charge in [0.05, 0.1) is 38.1 Å². The molecule has 316 valence electrons. The van der Waals surface area contributed by atoms with Crippen LogP contribution in [0.3, 0.4) is 0 Å². The van der Waals surface area contributed by atoms with Crippen LogP contribution in [0.5, 0.6) is 0 Å². The topological polar surface area (TPSA) is 392 Å². The Balaban J connectivity index is 1.47. The molecule has 5 saturated heterocycles. The van der Waals surface area contributed by atoms with E-state index in [9.17, 15) is 71.5 Å². The molecule has 0 aromatic rings. The highest BCUT2D eigenvalue weighted by atomic mass is 16.8. The Morgan fingerprint density at radius 1 is 0.389 bits per heavy atom. The van der Waals surface area contributed by atoms with Crippen LogP contribution in [-0.4, -0.2) is 245 Å². The predicted molar refractivity (Wildman–Crippen MR) is 166 cm³/mol. The van der Waals surface area contributed by atoms with Gasteiger partial charge in [0.2, 0.25) is 0 Å². The minimum atomic E-state index is -1.97. The first-order valence-corrected chi connectivity index (χ1v) is 17.4.